The number of alkyl halides is 3. The lowest BCUT2D eigenvalue weighted by Crippen LogP contribution is -2.45. The Hall–Kier alpha value is -4.73. The van der Waals surface area contributed by atoms with E-state index in [0.29, 0.717) is 29.4 Å². The molecule has 43 heavy (non-hydrogen) atoms. The summed E-state index contributed by atoms with van der Waals surface area (Å²) in [5.74, 6) is -2.91. The largest absolute Gasteiger partial charge is 0.471 e. The number of aromatic nitrogens is 3. The first-order valence-electron chi connectivity index (χ1n) is 13.6. The third-order valence-electron chi connectivity index (χ3n) is 7.00. The molecule has 3 heterocycles. The molecule has 2 aliphatic rings. The minimum atomic E-state index is -5.14. The quantitative estimate of drug-likeness (QED) is 0.148. The van der Waals surface area contributed by atoms with Crippen LogP contribution in [0.1, 0.15) is 32.3 Å². The molecule has 5 rings (SSSR count). The van der Waals surface area contributed by atoms with E-state index in [4.69, 9.17) is 0 Å². The van der Waals surface area contributed by atoms with E-state index in [1.807, 2.05) is 18.7 Å². The van der Waals surface area contributed by atoms with Gasteiger partial charge in [-0.25, -0.2) is 14.2 Å². The van der Waals surface area contributed by atoms with Crippen LogP contribution in [0.5, 0.6) is 0 Å². The van der Waals surface area contributed by atoms with Crippen LogP contribution in [0.15, 0.2) is 36.2 Å². The number of fused-ring (bicyclic) bond motifs is 1. The van der Waals surface area contributed by atoms with Gasteiger partial charge in [-0.2, -0.15) is 22.8 Å². The minimum absolute atomic E-state index is 0.00245. The zero-order valence-corrected chi connectivity index (χ0v) is 23.3. The van der Waals surface area contributed by atoms with Crippen molar-refractivity contribution in [2.24, 2.45) is 0 Å². The molecule has 1 saturated carbocycles. The number of carbonyl (C=O) groups excluding carboxylic acids is 3. The van der Waals surface area contributed by atoms with Crippen molar-refractivity contribution in [2.75, 3.05) is 41.7 Å². The van der Waals surface area contributed by atoms with Crippen LogP contribution in [0.3, 0.4) is 0 Å². The van der Waals surface area contributed by atoms with E-state index in [1.54, 1.807) is 6.07 Å². The summed E-state index contributed by atoms with van der Waals surface area (Å²) < 4.78 is 57.0. The van der Waals surface area contributed by atoms with E-state index in [0.717, 1.165) is 18.9 Å². The Morgan fingerprint density at radius 1 is 1.14 bits per heavy atom. The highest BCUT2D eigenvalue weighted by Gasteiger charge is 2.43. The van der Waals surface area contributed by atoms with Gasteiger partial charge in [-0.3, -0.25) is 14.9 Å². The van der Waals surface area contributed by atoms with Gasteiger partial charge in [-0.15, -0.1) is 0 Å². The van der Waals surface area contributed by atoms with Crippen molar-refractivity contribution in [3.05, 3.63) is 47.5 Å². The van der Waals surface area contributed by atoms with Crippen molar-refractivity contribution in [1.82, 2.24) is 30.1 Å². The van der Waals surface area contributed by atoms with Gasteiger partial charge in [0, 0.05) is 36.4 Å². The highest BCUT2D eigenvalue weighted by Crippen LogP contribution is 2.31. The summed E-state index contributed by atoms with van der Waals surface area (Å²) in [6, 6.07) is 4.46. The highest BCUT2D eigenvalue weighted by molar-refractivity contribution is 6.14. The van der Waals surface area contributed by atoms with Crippen molar-refractivity contribution in [1.29, 1.82) is 0 Å². The molecule has 228 valence electrons. The standard InChI is InChI=1S/C27H29F4N9O3/c1-3-38(4-2)9-10-39(25(42)27(29,30)31)17-7-8-19(18(28)12-17)34-21-13-22(33-16-5-6-16)40-23(36-21)15(14-32-40)11-20-24(41)37-26(43)35-20/h7-8,11-14,16,33H,3-6,9-10H2,1-2H3,(H,34,36)(H2,35,37,41,43)/b20-11-. The molecule has 0 unspecified atom stereocenters. The van der Waals surface area contributed by atoms with E-state index in [2.05, 4.69) is 31.3 Å². The van der Waals surface area contributed by atoms with E-state index in [-0.39, 0.29) is 47.7 Å². The monoisotopic (exact) mass is 603 g/mol. The first-order valence-corrected chi connectivity index (χ1v) is 13.6. The van der Waals surface area contributed by atoms with Crippen LogP contribution in [-0.2, 0) is 9.59 Å². The predicted octanol–water partition coefficient (Wildman–Crippen LogP) is 3.60. The summed E-state index contributed by atoms with van der Waals surface area (Å²) in [5, 5.41) is 15.0. The maximum absolute atomic E-state index is 15.3. The third kappa shape index (κ3) is 6.69. The number of hydrogen-bond acceptors (Lipinski definition) is 8. The van der Waals surface area contributed by atoms with Crippen molar-refractivity contribution < 1.29 is 31.9 Å². The Kier molecular flexibility index (Phi) is 8.21. The van der Waals surface area contributed by atoms with Crippen molar-refractivity contribution in [2.45, 2.75) is 38.9 Å². The smallest absolute Gasteiger partial charge is 0.367 e. The zero-order valence-electron chi connectivity index (χ0n) is 23.3. The van der Waals surface area contributed by atoms with Gasteiger partial charge in [0.15, 0.2) is 5.65 Å². The first-order chi connectivity index (χ1) is 20.5. The molecular formula is C27H29F4N9O3. The molecule has 1 saturated heterocycles. The summed E-state index contributed by atoms with van der Waals surface area (Å²) in [6.07, 6.45) is -0.404. The lowest BCUT2D eigenvalue weighted by atomic mass is 10.2. The molecule has 0 bridgehead atoms. The van der Waals surface area contributed by atoms with Gasteiger partial charge in [0.25, 0.3) is 5.91 Å². The fourth-order valence-electron chi connectivity index (χ4n) is 4.52. The molecule has 1 aliphatic heterocycles. The number of carbonyl (C=O) groups is 3. The van der Waals surface area contributed by atoms with E-state index < -0.39 is 29.8 Å². The fourth-order valence-corrected chi connectivity index (χ4v) is 4.52. The summed E-state index contributed by atoms with van der Waals surface area (Å²) in [5.41, 5.74) is 0.337. The lowest BCUT2D eigenvalue weighted by Gasteiger charge is -2.27. The molecule has 2 aromatic heterocycles. The first kappa shape index (κ1) is 29.8. The molecule has 16 heteroatoms. The van der Waals surface area contributed by atoms with Gasteiger partial charge in [-0.05, 0) is 50.2 Å². The number of rotatable bonds is 11. The summed E-state index contributed by atoms with van der Waals surface area (Å²) in [7, 11) is 0. The summed E-state index contributed by atoms with van der Waals surface area (Å²) in [6.45, 7) is 4.75. The fraction of sp³-hybridized carbons (Fsp3) is 0.370. The molecule has 3 aromatic rings. The predicted molar refractivity (Wildman–Crippen MR) is 150 cm³/mol. The average Bonchev–Trinajstić information content (AvgIpc) is 3.59. The van der Waals surface area contributed by atoms with Crippen LogP contribution < -0.4 is 26.2 Å². The Balaban J connectivity index is 1.46. The van der Waals surface area contributed by atoms with Gasteiger partial charge in [-0.1, -0.05) is 13.8 Å². The Morgan fingerprint density at radius 3 is 2.49 bits per heavy atom. The normalized spacial score (nSPS) is 16.1. The average molecular weight is 604 g/mol. The number of anilines is 4. The second-order valence-electron chi connectivity index (χ2n) is 10.0. The second-order valence-corrected chi connectivity index (χ2v) is 10.0. The molecular weight excluding hydrogens is 574 g/mol. The van der Waals surface area contributed by atoms with E-state index >= 15 is 4.39 Å². The number of amides is 4. The van der Waals surface area contributed by atoms with E-state index in [1.165, 1.54) is 28.9 Å². The highest BCUT2D eigenvalue weighted by atomic mass is 19.4. The number of imide groups is 1. The van der Waals surface area contributed by atoms with Gasteiger partial charge < -0.3 is 25.8 Å². The van der Waals surface area contributed by atoms with Crippen LogP contribution in [0.2, 0.25) is 0 Å². The molecule has 12 nitrogen and oxygen atoms in total. The Bertz CT molecular complexity index is 1600. The topological polar surface area (TPSA) is 136 Å². The molecule has 0 spiro atoms. The van der Waals surface area contributed by atoms with Crippen LogP contribution in [0, 0.1) is 5.82 Å². The van der Waals surface area contributed by atoms with Crippen LogP contribution in [-0.4, -0.2) is 75.7 Å². The maximum atomic E-state index is 15.3. The van der Waals surface area contributed by atoms with Crippen molar-refractivity contribution >= 4 is 52.6 Å². The van der Waals surface area contributed by atoms with Crippen LogP contribution in [0.25, 0.3) is 11.7 Å². The number of nitrogens with one attached hydrogen (secondary N) is 4. The molecule has 0 atom stereocenters. The Morgan fingerprint density at radius 2 is 1.88 bits per heavy atom. The van der Waals surface area contributed by atoms with Gasteiger partial charge in [0.1, 0.15) is 23.1 Å². The molecule has 1 aliphatic carbocycles. The van der Waals surface area contributed by atoms with Crippen molar-refractivity contribution in [3.8, 4) is 0 Å². The SMILES string of the molecule is CCN(CC)CCN(C(=O)C(F)(F)F)c1ccc(Nc2cc(NC3CC3)n3ncc(/C=C4\NC(=O)NC4=O)c3n2)c(F)c1. The molecule has 1 aromatic carbocycles. The number of urea groups is 1. The summed E-state index contributed by atoms with van der Waals surface area (Å²) >= 11 is 0. The summed E-state index contributed by atoms with van der Waals surface area (Å²) in [4.78, 5) is 42.7. The molecule has 0 radical (unpaired) electrons. The Labute approximate surface area is 243 Å². The number of benzene rings is 1. The molecule has 4 amide bonds. The molecule has 4 N–H and O–H groups in total. The number of nitrogens with zero attached hydrogens (tertiary/aromatic N) is 5. The van der Waals surface area contributed by atoms with E-state index in [9.17, 15) is 27.6 Å². The minimum Gasteiger partial charge on any atom is -0.367 e. The lowest BCUT2D eigenvalue weighted by molar-refractivity contribution is -0.170. The maximum Gasteiger partial charge on any atom is 0.471 e. The second kappa shape index (κ2) is 11.9. The van der Waals surface area contributed by atoms with Gasteiger partial charge >= 0.3 is 18.1 Å². The molecule has 2 fully saturated rings. The number of halogens is 4. The van der Waals surface area contributed by atoms with Crippen LogP contribution >= 0.6 is 0 Å². The zero-order chi connectivity index (χ0) is 30.9. The van der Waals surface area contributed by atoms with Gasteiger partial charge in [0.05, 0.1) is 11.9 Å². The van der Waals surface area contributed by atoms with Crippen LogP contribution in [0.4, 0.5) is 45.4 Å². The third-order valence-corrected chi connectivity index (χ3v) is 7.00. The van der Waals surface area contributed by atoms with Gasteiger partial charge in [0.2, 0.25) is 0 Å². The number of likely N-dealkylation sites (N-methyl/N-ethyl adjacent to an activating group) is 1. The van der Waals surface area contributed by atoms with Crippen molar-refractivity contribution in [3.63, 3.8) is 0 Å². The number of hydrogen-bond donors (Lipinski definition) is 4.